The summed E-state index contributed by atoms with van der Waals surface area (Å²) in [6.07, 6.45) is 5.34. The average Bonchev–Trinajstić information content (AvgIpc) is 3.09. The van der Waals surface area contributed by atoms with Gasteiger partial charge in [0.05, 0.1) is 12.4 Å². The fourth-order valence-electron chi connectivity index (χ4n) is 2.59. The van der Waals surface area contributed by atoms with Gasteiger partial charge in [-0.25, -0.2) is 14.2 Å². The van der Waals surface area contributed by atoms with E-state index in [9.17, 15) is 9.18 Å². The highest BCUT2D eigenvalue weighted by molar-refractivity contribution is 5.89. The smallest absolute Gasteiger partial charge is 0.319 e. The lowest BCUT2D eigenvalue weighted by Crippen LogP contribution is -2.31. The number of aryl methyl sites for hydroxylation is 1. The summed E-state index contributed by atoms with van der Waals surface area (Å²) in [4.78, 5) is 16.2. The highest BCUT2D eigenvalue weighted by atomic mass is 19.1. The lowest BCUT2D eigenvalue weighted by molar-refractivity contribution is 0.249. The van der Waals surface area contributed by atoms with E-state index in [0.717, 1.165) is 16.8 Å². The van der Waals surface area contributed by atoms with Gasteiger partial charge in [-0.2, -0.15) is 0 Å². The summed E-state index contributed by atoms with van der Waals surface area (Å²) in [7, 11) is 0. The van der Waals surface area contributed by atoms with Crippen molar-refractivity contribution in [1.29, 1.82) is 0 Å². The van der Waals surface area contributed by atoms with E-state index in [4.69, 9.17) is 0 Å². The van der Waals surface area contributed by atoms with Gasteiger partial charge in [-0.15, -0.1) is 0 Å². The van der Waals surface area contributed by atoms with Crippen LogP contribution in [0.1, 0.15) is 24.1 Å². The molecule has 0 saturated heterocycles. The first-order valence-electron chi connectivity index (χ1n) is 7.95. The van der Waals surface area contributed by atoms with Crippen molar-refractivity contribution in [1.82, 2.24) is 14.9 Å². The molecular formula is C19H19FN4O. The van der Waals surface area contributed by atoms with E-state index in [-0.39, 0.29) is 12.1 Å². The molecule has 2 N–H and O–H groups in total. The fraction of sp³-hybridized carbons (Fsp3) is 0.158. The number of benzene rings is 2. The van der Waals surface area contributed by atoms with Crippen molar-refractivity contribution < 1.29 is 9.18 Å². The molecule has 0 saturated carbocycles. The molecule has 6 heteroatoms. The molecule has 2 amide bonds. The Morgan fingerprint density at radius 1 is 1.24 bits per heavy atom. The third-order valence-electron chi connectivity index (χ3n) is 3.95. The Bertz CT molecular complexity index is 877. The van der Waals surface area contributed by atoms with E-state index in [0.29, 0.717) is 5.69 Å². The maximum atomic E-state index is 13.2. The van der Waals surface area contributed by atoms with Crippen LogP contribution in [0.3, 0.4) is 0 Å². The predicted octanol–water partition coefficient (Wildman–Crippen LogP) is 4.20. The van der Waals surface area contributed by atoms with Gasteiger partial charge >= 0.3 is 6.03 Å². The van der Waals surface area contributed by atoms with E-state index >= 15 is 0 Å². The number of nitrogens with one attached hydrogen (secondary N) is 2. The molecule has 0 fully saturated rings. The van der Waals surface area contributed by atoms with Gasteiger partial charge in [-0.3, -0.25) is 0 Å². The number of carbonyl (C=O) groups is 1. The molecule has 0 aliphatic carbocycles. The number of halogens is 1. The maximum absolute atomic E-state index is 13.2. The SMILES string of the molecule is Cc1ccc([C@H](C)NC(=O)Nc2cccc(F)c2)cc1-n1ccnc1. The molecule has 25 heavy (non-hydrogen) atoms. The first-order valence-corrected chi connectivity index (χ1v) is 7.95. The van der Waals surface area contributed by atoms with Crippen LogP contribution in [0.25, 0.3) is 5.69 Å². The van der Waals surface area contributed by atoms with Gasteiger partial charge in [0, 0.05) is 23.8 Å². The zero-order chi connectivity index (χ0) is 17.8. The quantitative estimate of drug-likeness (QED) is 0.749. The molecule has 1 atom stereocenters. The van der Waals surface area contributed by atoms with E-state index < -0.39 is 5.82 Å². The minimum Gasteiger partial charge on any atom is -0.331 e. The van der Waals surface area contributed by atoms with Crippen LogP contribution in [-0.2, 0) is 0 Å². The van der Waals surface area contributed by atoms with Crippen molar-refractivity contribution in [2.24, 2.45) is 0 Å². The van der Waals surface area contributed by atoms with Crippen molar-refractivity contribution in [3.8, 4) is 5.69 Å². The molecule has 0 aliphatic rings. The molecule has 128 valence electrons. The largest absolute Gasteiger partial charge is 0.331 e. The molecule has 0 bridgehead atoms. The third-order valence-corrected chi connectivity index (χ3v) is 3.95. The monoisotopic (exact) mass is 338 g/mol. The van der Waals surface area contributed by atoms with Gasteiger partial charge in [-0.05, 0) is 49.2 Å². The lowest BCUT2D eigenvalue weighted by atomic mass is 10.0. The molecule has 3 rings (SSSR count). The molecular weight excluding hydrogens is 319 g/mol. The minimum absolute atomic E-state index is 0.212. The van der Waals surface area contributed by atoms with Crippen LogP contribution in [0.5, 0.6) is 0 Å². The predicted molar refractivity (Wildman–Crippen MR) is 95.3 cm³/mol. The molecule has 0 unspecified atom stereocenters. The number of nitrogens with zero attached hydrogens (tertiary/aromatic N) is 2. The molecule has 0 aliphatic heterocycles. The van der Waals surface area contributed by atoms with Crippen molar-refractivity contribution in [2.75, 3.05) is 5.32 Å². The fourth-order valence-corrected chi connectivity index (χ4v) is 2.59. The van der Waals surface area contributed by atoms with E-state index in [1.54, 1.807) is 24.7 Å². The molecule has 5 nitrogen and oxygen atoms in total. The van der Waals surface area contributed by atoms with Crippen LogP contribution in [0.4, 0.5) is 14.9 Å². The summed E-state index contributed by atoms with van der Waals surface area (Å²) in [6.45, 7) is 3.92. The molecule has 3 aromatic rings. The van der Waals surface area contributed by atoms with Gasteiger partial charge in [0.25, 0.3) is 0 Å². The number of hydrogen-bond acceptors (Lipinski definition) is 2. The number of urea groups is 1. The first kappa shape index (κ1) is 16.7. The highest BCUT2D eigenvalue weighted by Gasteiger charge is 2.12. The maximum Gasteiger partial charge on any atom is 0.319 e. The van der Waals surface area contributed by atoms with Crippen LogP contribution in [0, 0.1) is 12.7 Å². The van der Waals surface area contributed by atoms with Crippen LogP contribution in [0.2, 0.25) is 0 Å². The van der Waals surface area contributed by atoms with E-state index in [1.165, 1.54) is 12.1 Å². The van der Waals surface area contributed by atoms with Crippen LogP contribution >= 0.6 is 0 Å². The number of amides is 2. The Morgan fingerprint density at radius 2 is 2.08 bits per heavy atom. The summed E-state index contributed by atoms with van der Waals surface area (Å²) in [5, 5.41) is 5.49. The number of carbonyl (C=O) groups excluding carboxylic acids is 1. The first-order chi connectivity index (χ1) is 12.0. The van der Waals surface area contributed by atoms with E-state index in [1.807, 2.05) is 42.8 Å². The molecule has 1 aromatic heterocycles. The number of imidazole rings is 1. The van der Waals surface area contributed by atoms with Gasteiger partial charge in [-0.1, -0.05) is 18.2 Å². The van der Waals surface area contributed by atoms with Crippen LogP contribution in [0.15, 0.2) is 61.2 Å². The van der Waals surface area contributed by atoms with Gasteiger partial charge in [0.1, 0.15) is 5.82 Å². The number of anilines is 1. The third kappa shape index (κ3) is 4.03. The summed E-state index contributed by atoms with van der Waals surface area (Å²) in [5.74, 6) is -0.394. The highest BCUT2D eigenvalue weighted by Crippen LogP contribution is 2.21. The number of hydrogen-bond donors (Lipinski definition) is 2. The van der Waals surface area contributed by atoms with Gasteiger partial charge in [0.2, 0.25) is 0 Å². The van der Waals surface area contributed by atoms with Crippen LogP contribution in [-0.4, -0.2) is 15.6 Å². The van der Waals surface area contributed by atoms with Crippen molar-refractivity contribution in [2.45, 2.75) is 19.9 Å². The Balaban J connectivity index is 1.72. The van der Waals surface area contributed by atoms with E-state index in [2.05, 4.69) is 15.6 Å². The zero-order valence-corrected chi connectivity index (χ0v) is 14.0. The summed E-state index contributed by atoms with van der Waals surface area (Å²) >= 11 is 0. The lowest BCUT2D eigenvalue weighted by Gasteiger charge is -2.17. The van der Waals surface area contributed by atoms with Crippen molar-refractivity contribution >= 4 is 11.7 Å². The topological polar surface area (TPSA) is 59.0 Å². The number of rotatable bonds is 4. The second-order valence-electron chi connectivity index (χ2n) is 5.85. The average molecular weight is 338 g/mol. The second kappa shape index (κ2) is 7.17. The standard InChI is InChI=1S/C19H19FN4O/c1-13-6-7-15(10-18(13)24-9-8-21-12-24)14(2)22-19(25)23-17-5-3-4-16(20)11-17/h3-12,14H,1-2H3,(H2,22,23,25)/t14-/m0/s1. The Kier molecular flexibility index (Phi) is 4.79. The van der Waals surface area contributed by atoms with Gasteiger partial charge in [0.15, 0.2) is 0 Å². The molecule has 0 radical (unpaired) electrons. The molecule has 1 heterocycles. The van der Waals surface area contributed by atoms with Gasteiger partial charge < -0.3 is 15.2 Å². The zero-order valence-electron chi connectivity index (χ0n) is 14.0. The minimum atomic E-state index is -0.394. The Labute approximate surface area is 145 Å². The Morgan fingerprint density at radius 3 is 2.80 bits per heavy atom. The normalized spacial score (nSPS) is 11.8. The molecule has 2 aromatic carbocycles. The van der Waals surface area contributed by atoms with Crippen LogP contribution < -0.4 is 10.6 Å². The summed E-state index contributed by atoms with van der Waals surface area (Å²) in [6, 6.07) is 11.2. The molecule has 0 spiro atoms. The summed E-state index contributed by atoms with van der Waals surface area (Å²) in [5.41, 5.74) is 3.49. The summed E-state index contributed by atoms with van der Waals surface area (Å²) < 4.78 is 15.1. The second-order valence-corrected chi connectivity index (χ2v) is 5.85. The van der Waals surface area contributed by atoms with Crippen molar-refractivity contribution in [3.05, 3.63) is 78.1 Å². The number of aromatic nitrogens is 2. The Hall–Kier alpha value is -3.15. The van der Waals surface area contributed by atoms with Crippen molar-refractivity contribution in [3.63, 3.8) is 0 Å².